The molecule has 1 aliphatic heterocycles. The van der Waals surface area contributed by atoms with Gasteiger partial charge in [-0.2, -0.15) is 0 Å². The van der Waals surface area contributed by atoms with Crippen molar-refractivity contribution < 1.29 is 14.6 Å². The normalized spacial score (nSPS) is 16.2. The summed E-state index contributed by atoms with van der Waals surface area (Å²) in [7, 11) is 0. The first-order valence-electron chi connectivity index (χ1n) is 7.68. The van der Waals surface area contributed by atoms with Crippen LogP contribution in [-0.4, -0.2) is 48.4 Å². The van der Waals surface area contributed by atoms with Crippen molar-refractivity contribution in [1.82, 2.24) is 10.2 Å². The van der Waals surface area contributed by atoms with Crippen molar-refractivity contribution in [3.8, 4) is 5.75 Å². The zero-order valence-corrected chi connectivity index (χ0v) is 12.2. The lowest BCUT2D eigenvalue weighted by Gasteiger charge is -2.21. The van der Waals surface area contributed by atoms with Crippen LogP contribution in [0.4, 0.5) is 4.79 Å². The van der Waals surface area contributed by atoms with Gasteiger partial charge in [0.15, 0.2) is 0 Å². The first-order chi connectivity index (χ1) is 10.3. The maximum atomic E-state index is 12.1. The molecule has 1 heterocycles. The molecule has 0 saturated heterocycles. The number of carbonyl (C=O) groups is 1. The number of urea groups is 1. The SMILES string of the molecule is O=C(NCCc1ccc2c(c1)CCO2)N(CCO)C1CC1. The number of carbonyl (C=O) groups excluding carboxylic acids is 1. The Morgan fingerprint density at radius 1 is 1.43 bits per heavy atom. The molecule has 1 aromatic rings. The van der Waals surface area contributed by atoms with E-state index in [1.54, 1.807) is 4.90 Å². The average Bonchev–Trinajstić information content (AvgIpc) is 3.21. The van der Waals surface area contributed by atoms with E-state index in [4.69, 9.17) is 9.84 Å². The second kappa shape index (κ2) is 6.35. The fraction of sp³-hybridized carbons (Fsp3) is 0.562. The van der Waals surface area contributed by atoms with Crippen molar-refractivity contribution in [3.05, 3.63) is 29.3 Å². The van der Waals surface area contributed by atoms with Gasteiger partial charge in [0, 0.05) is 25.6 Å². The summed E-state index contributed by atoms with van der Waals surface area (Å²) >= 11 is 0. The highest BCUT2D eigenvalue weighted by Crippen LogP contribution is 2.27. The molecule has 0 bridgehead atoms. The number of hydrogen-bond acceptors (Lipinski definition) is 3. The third-order valence-corrected chi connectivity index (χ3v) is 4.03. The highest BCUT2D eigenvalue weighted by atomic mass is 16.5. The molecule has 5 nitrogen and oxygen atoms in total. The molecule has 0 unspecified atom stereocenters. The van der Waals surface area contributed by atoms with Gasteiger partial charge in [0.2, 0.25) is 0 Å². The summed E-state index contributed by atoms with van der Waals surface area (Å²) < 4.78 is 5.49. The number of fused-ring (bicyclic) bond motifs is 1. The molecule has 2 amide bonds. The minimum absolute atomic E-state index is 0.0226. The van der Waals surface area contributed by atoms with Crippen LogP contribution in [0.25, 0.3) is 0 Å². The van der Waals surface area contributed by atoms with E-state index < -0.39 is 0 Å². The Labute approximate surface area is 124 Å². The van der Waals surface area contributed by atoms with Gasteiger partial charge in [-0.15, -0.1) is 0 Å². The third kappa shape index (κ3) is 3.47. The molecule has 114 valence electrons. The van der Waals surface area contributed by atoms with Gasteiger partial charge in [-0.25, -0.2) is 4.79 Å². The summed E-state index contributed by atoms with van der Waals surface area (Å²) in [6.07, 6.45) is 3.90. The molecule has 1 aromatic carbocycles. The van der Waals surface area contributed by atoms with Crippen LogP contribution in [0.3, 0.4) is 0 Å². The lowest BCUT2D eigenvalue weighted by molar-refractivity contribution is 0.174. The molecule has 2 N–H and O–H groups in total. The van der Waals surface area contributed by atoms with E-state index in [-0.39, 0.29) is 12.6 Å². The maximum absolute atomic E-state index is 12.1. The van der Waals surface area contributed by atoms with Crippen molar-refractivity contribution in [1.29, 1.82) is 0 Å². The topological polar surface area (TPSA) is 61.8 Å². The monoisotopic (exact) mass is 290 g/mol. The van der Waals surface area contributed by atoms with E-state index in [9.17, 15) is 4.79 Å². The van der Waals surface area contributed by atoms with Crippen LogP contribution in [0.1, 0.15) is 24.0 Å². The number of nitrogens with zero attached hydrogens (tertiary/aromatic N) is 1. The van der Waals surface area contributed by atoms with Crippen LogP contribution in [0, 0.1) is 0 Å². The standard InChI is InChI=1S/C16H22N2O3/c19-9-8-18(14-2-3-14)16(20)17-7-5-12-1-4-15-13(11-12)6-10-21-15/h1,4,11,14,19H,2-3,5-10H2,(H,17,20). The van der Waals surface area contributed by atoms with Gasteiger partial charge in [-0.05, 0) is 36.5 Å². The predicted molar refractivity (Wildman–Crippen MR) is 79.6 cm³/mol. The van der Waals surface area contributed by atoms with Gasteiger partial charge in [-0.3, -0.25) is 0 Å². The van der Waals surface area contributed by atoms with Crippen LogP contribution >= 0.6 is 0 Å². The molecule has 0 aromatic heterocycles. The first-order valence-corrected chi connectivity index (χ1v) is 7.68. The third-order valence-electron chi connectivity index (χ3n) is 4.03. The minimum Gasteiger partial charge on any atom is -0.493 e. The molecule has 0 atom stereocenters. The van der Waals surface area contributed by atoms with E-state index in [1.807, 2.05) is 6.07 Å². The summed E-state index contributed by atoms with van der Waals surface area (Å²) in [6, 6.07) is 6.51. The van der Waals surface area contributed by atoms with Crippen molar-refractivity contribution in [2.24, 2.45) is 0 Å². The van der Waals surface area contributed by atoms with Crippen LogP contribution in [-0.2, 0) is 12.8 Å². The van der Waals surface area contributed by atoms with E-state index in [0.29, 0.717) is 19.1 Å². The summed E-state index contributed by atoms with van der Waals surface area (Å²) in [6.45, 7) is 1.83. The molecular formula is C16H22N2O3. The van der Waals surface area contributed by atoms with Gasteiger partial charge in [0.05, 0.1) is 13.2 Å². The van der Waals surface area contributed by atoms with Crippen molar-refractivity contribution in [2.45, 2.75) is 31.7 Å². The summed E-state index contributed by atoms with van der Waals surface area (Å²) in [5.41, 5.74) is 2.48. The van der Waals surface area contributed by atoms with Gasteiger partial charge in [0.1, 0.15) is 5.75 Å². The number of benzene rings is 1. The highest BCUT2D eigenvalue weighted by Gasteiger charge is 2.31. The van der Waals surface area contributed by atoms with E-state index in [2.05, 4.69) is 17.4 Å². The second-order valence-electron chi connectivity index (χ2n) is 5.67. The quantitative estimate of drug-likeness (QED) is 0.831. The Morgan fingerprint density at radius 2 is 2.29 bits per heavy atom. The number of ether oxygens (including phenoxy) is 1. The number of hydrogen-bond donors (Lipinski definition) is 2. The molecule has 2 aliphatic rings. The molecule has 1 saturated carbocycles. The minimum atomic E-state index is -0.0592. The smallest absolute Gasteiger partial charge is 0.317 e. The second-order valence-corrected chi connectivity index (χ2v) is 5.67. The number of nitrogens with one attached hydrogen (secondary N) is 1. The molecule has 0 radical (unpaired) electrons. The molecule has 5 heteroatoms. The Bertz CT molecular complexity index is 514. The molecule has 21 heavy (non-hydrogen) atoms. The largest absolute Gasteiger partial charge is 0.493 e. The van der Waals surface area contributed by atoms with E-state index >= 15 is 0 Å². The molecule has 1 aliphatic carbocycles. The fourth-order valence-corrected chi connectivity index (χ4v) is 2.75. The fourth-order valence-electron chi connectivity index (χ4n) is 2.75. The Morgan fingerprint density at radius 3 is 3.05 bits per heavy atom. The zero-order chi connectivity index (χ0) is 14.7. The maximum Gasteiger partial charge on any atom is 0.317 e. The molecule has 3 rings (SSSR count). The van der Waals surface area contributed by atoms with Crippen molar-refractivity contribution in [3.63, 3.8) is 0 Å². The van der Waals surface area contributed by atoms with E-state index in [0.717, 1.165) is 38.0 Å². The number of aliphatic hydroxyl groups is 1. The van der Waals surface area contributed by atoms with Crippen LogP contribution < -0.4 is 10.1 Å². The summed E-state index contributed by atoms with van der Waals surface area (Å²) in [5, 5.41) is 12.0. The van der Waals surface area contributed by atoms with E-state index in [1.165, 1.54) is 11.1 Å². The predicted octanol–water partition coefficient (Wildman–Crippen LogP) is 1.33. The number of aliphatic hydroxyl groups excluding tert-OH is 1. The Hall–Kier alpha value is -1.75. The molecule has 0 spiro atoms. The zero-order valence-electron chi connectivity index (χ0n) is 12.2. The summed E-state index contributed by atoms with van der Waals surface area (Å²) in [4.78, 5) is 13.8. The van der Waals surface area contributed by atoms with Gasteiger partial charge in [-0.1, -0.05) is 12.1 Å². The van der Waals surface area contributed by atoms with Gasteiger partial charge >= 0.3 is 6.03 Å². The Kier molecular flexibility index (Phi) is 4.29. The van der Waals surface area contributed by atoms with Crippen LogP contribution in [0.5, 0.6) is 5.75 Å². The highest BCUT2D eigenvalue weighted by molar-refractivity contribution is 5.74. The average molecular weight is 290 g/mol. The van der Waals surface area contributed by atoms with Gasteiger partial charge < -0.3 is 20.1 Å². The van der Waals surface area contributed by atoms with Crippen molar-refractivity contribution in [2.75, 3.05) is 26.3 Å². The number of amides is 2. The van der Waals surface area contributed by atoms with Crippen molar-refractivity contribution >= 4 is 6.03 Å². The van der Waals surface area contributed by atoms with Crippen LogP contribution in [0.2, 0.25) is 0 Å². The molecule has 1 fully saturated rings. The lowest BCUT2D eigenvalue weighted by atomic mass is 10.1. The number of rotatable bonds is 6. The Balaban J connectivity index is 1.48. The van der Waals surface area contributed by atoms with Gasteiger partial charge in [0.25, 0.3) is 0 Å². The lowest BCUT2D eigenvalue weighted by Crippen LogP contribution is -2.43. The summed E-state index contributed by atoms with van der Waals surface area (Å²) in [5.74, 6) is 0.991. The van der Waals surface area contributed by atoms with Crippen LogP contribution in [0.15, 0.2) is 18.2 Å². The molecular weight excluding hydrogens is 268 g/mol. The first kappa shape index (κ1) is 14.2.